The molecule has 1 heterocycles. The Morgan fingerprint density at radius 1 is 1.04 bits per heavy atom. The molecule has 0 aliphatic rings. The second kappa shape index (κ2) is 7.78. The molecule has 0 atom stereocenters. The molecule has 0 fully saturated rings. The third kappa shape index (κ3) is 4.89. The Balaban J connectivity index is 1.72. The number of hydrogen-bond donors (Lipinski definition) is 1. The van der Waals surface area contributed by atoms with Crippen LogP contribution in [0.4, 0.5) is 0 Å². The molecule has 1 N–H and O–H groups in total. The first kappa shape index (κ1) is 17.6. The first-order valence-electron chi connectivity index (χ1n) is 7.88. The summed E-state index contributed by atoms with van der Waals surface area (Å²) < 4.78 is 27.1. The Labute approximate surface area is 152 Å². The second-order valence-electron chi connectivity index (χ2n) is 5.75. The molecular formula is C20H19NO2S2. The molecule has 0 radical (unpaired) electrons. The lowest BCUT2D eigenvalue weighted by Crippen LogP contribution is -2.20. The maximum atomic E-state index is 12.2. The van der Waals surface area contributed by atoms with Gasteiger partial charge in [0.15, 0.2) is 0 Å². The van der Waals surface area contributed by atoms with Crippen LogP contribution in [0.5, 0.6) is 0 Å². The molecule has 0 aliphatic heterocycles. The summed E-state index contributed by atoms with van der Waals surface area (Å²) in [4.78, 5) is 0. The van der Waals surface area contributed by atoms with Gasteiger partial charge in [-0.3, -0.25) is 0 Å². The van der Waals surface area contributed by atoms with Gasteiger partial charge in [-0.15, -0.1) is 0 Å². The Morgan fingerprint density at radius 3 is 2.52 bits per heavy atom. The van der Waals surface area contributed by atoms with Crippen LogP contribution >= 0.6 is 11.3 Å². The fourth-order valence-electron chi connectivity index (χ4n) is 2.45. The van der Waals surface area contributed by atoms with E-state index >= 15 is 0 Å². The van der Waals surface area contributed by atoms with Crippen molar-refractivity contribution in [1.29, 1.82) is 0 Å². The van der Waals surface area contributed by atoms with E-state index in [-0.39, 0.29) is 6.54 Å². The molecule has 25 heavy (non-hydrogen) atoms. The molecule has 0 aliphatic carbocycles. The average molecular weight is 370 g/mol. The van der Waals surface area contributed by atoms with Gasteiger partial charge >= 0.3 is 0 Å². The maximum absolute atomic E-state index is 12.2. The SMILES string of the molecule is Cc1ccc(/C=C/S(=O)(=O)NCc2ccccc2-c2ccsc2)cc1. The minimum atomic E-state index is -3.50. The fraction of sp³-hybridized carbons (Fsp3) is 0.100. The molecule has 0 spiro atoms. The van der Waals surface area contributed by atoms with Gasteiger partial charge in [0, 0.05) is 12.0 Å². The van der Waals surface area contributed by atoms with Crippen LogP contribution in [-0.2, 0) is 16.6 Å². The zero-order valence-corrected chi connectivity index (χ0v) is 15.5. The maximum Gasteiger partial charge on any atom is 0.234 e. The number of benzene rings is 2. The van der Waals surface area contributed by atoms with Crippen LogP contribution < -0.4 is 4.72 Å². The van der Waals surface area contributed by atoms with Crippen LogP contribution in [0.25, 0.3) is 17.2 Å². The molecule has 0 amide bonds. The molecule has 0 saturated carbocycles. The third-order valence-electron chi connectivity index (χ3n) is 3.83. The topological polar surface area (TPSA) is 46.2 Å². The van der Waals surface area contributed by atoms with Crippen LogP contribution in [0, 0.1) is 6.92 Å². The largest absolute Gasteiger partial charge is 0.234 e. The van der Waals surface area contributed by atoms with E-state index in [4.69, 9.17) is 0 Å². The van der Waals surface area contributed by atoms with Crippen LogP contribution in [0.1, 0.15) is 16.7 Å². The molecule has 1 aromatic heterocycles. The summed E-state index contributed by atoms with van der Waals surface area (Å²) >= 11 is 1.62. The Morgan fingerprint density at radius 2 is 1.80 bits per heavy atom. The molecule has 0 bridgehead atoms. The van der Waals surface area contributed by atoms with Crippen LogP contribution in [0.2, 0.25) is 0 Å². The Hall–Kier alpha value is -2.21. The van der Waals surface area contributed by atoms with Crippen molar-refractivity contribution >= 4 is 27.4 Å². The highest BCUT2D eigenvalue weighted by Crippen LogP contribution is 2.25. The van der Waals surface area contributed by atoms with Gasteiger partial charge in [0.25, 0.3) is 0 Å². The summed E-state index contributed by atoms with van der Waals surface area (Å²) in [6, 6.07) is 17.6. The number of aryl methyl sites for hydroxylation is 1. The van der Waals surface area contributed by atoms with E-state index in [0.29, 0.717) is 0 Å². The molecular weight excluding hydrogens is 350 g/mol. The summed E-state index contributed by atoms with van der Waals surface area (Å²) in [5, 5.41) is 5.29. The fourth-order valence-corrected chi connectivity index (χ4v) is 3.89. The average Bonchev–Trinajstić information content (AvgIpc) is 3.14. The monoisotopic (exact) mass is 369 g/mol. The lowest BCUT2D eigenvalue weighted by Gasteiger charge is -2.09. The molecule has 0 saturated heterocycles. The lowest BCUT2D eigenvalue weighted by atomic mass is 10.0. The zero-order valence-electron chi connectivity index (χ0n) is 13.8. The summed E-state index contributed by atoms with van der Waals surface area (Å²) in [6.45, 7) is 2.25. The van der Waals surface area contributed by atoms with Crippen molar-refractivity contribution in [2.45, 2.75) is 13.5 Å². The Bertz CT molecular complexity index is 957. The van der Waals surface area contributed by atoms with Gasteiger partial charge in [-0.05, 0) is 52.1 Å². The van der Waals surface area contributed by atoms with Gasteiger partial charge in [-0.25, -0.2) is 13.1 Å². The summed E-state index contributed by atoms with van der Waals surface area (Å²) in [5.41, 5.74) is 5.11. The summed E-state index contributed by atoms with van der Waals surface area (Å²) in [5.74, 6) is 0. The van der Waals surface area contributed by atoms with Crippen molar-refractivity contribution in [2.75, 3.05) is 0 Å². The van der Waals surface area contributed by atoms with E-state index in [1.807, 2.05) is 66.9 Å². The molecule has 2 aromatic carbocycles. The van der Waals surface area contributed by atoms with Gasteiger partial charge in [-0.2, -0.15) is 11.3 Å². The molecule has 0 unspecified atom stereocenters. The van der Waals surface area contributed by atoms with E-state index < -0.39 is 10.0 Å². The van der Waals surface area contributed by atoms with Crippen molar-refractivity contribution in [3.63, 3.8) is 0 Å². The first-order chi connectivity index (χ1) is 12.0. The van der Waals surface area contributed by atoms with E-state index in [1.54, 1.807) is 17.4 Å². The van der Waals surface area contributed by atoms with Crippen LogP contribution in [0.15, 0.2) is 70.8 Å². The van der Waals surface area contributed by atoms with Crippen molar-refractivity contribution in [3.05, 3.63) is 87.5 Å². The smallest absolute Gasteiger partial charge is 0.208 e. The number of hydrogen-bond acceptors (Lipinski definition) is 3. The minimum Gasteiger partial charge on any atom is -0.208 e. The standard InChI is InChI=1S/C20H19NO2S2/c1-16-6-8-17(9-7-16)11-13-25(22,23)21-14-18-4-2-3-5-20(18)19-10-12-24-15-19/h2-13,15,21H,14H2,1H3/b13-11+. The minimum absolute atomic E-state index is 0.257. The second-order valence-corrected chi connectivity index (χ2v) is 8.18. The Kier molecular flexibility index (Phi) is 5.48. The number of thiophene rings is 1. The lowest BCUT2D eigenvalue weighted by molar-refractivity contribution is 0.591. The molecule has 3 rings (SSSR count). The molecule has 128 valence electrons. The van der Waals surface area contributed by atoms with E-state index in [1.165, 1.54) is 5.41 Å². The van der Waals surface area contributed by atoms with Gasteiger partial charge in [0.2, 0.25) is 10.0 Å². The molecule has 3 nitrogen and oxygen atoms in total. The third-order valence-corrected chi connectivity index (χ3v) is 5.55. The van der Waals surface area contributed by atoms with E-state index in [9.17, 15) is 8.42 Å². The summed E-state index contributed by atoms with van der Waals surface area (Å²) in [7, 11) is -3.50. The van der Waals surface area contributed by atoms with E-state index in [0.717, 1.165) is 27.8 Å². The number of nitrogens with one attached hydrogen (secondary N) is 1. The van der Waals surface area contributed by atoms with Gasteiger partial charge < -0.3 is 0 Å². The van der Waals surface area contributed by atoms with Crippen molar-refractivity contribution < 1.29 is 8.42 Å². The van der Waals surface area contributed by atoms with Crippen molar-refractivity contribution in [3.8, 4) is 11.1 Å². The van der Waals surface area contributed by atoms with Gasteiger partial charge in [0.05, 0.1) is 0 Å². The quantitative estimate of drug-likeness (QED) is 0.677. The van der Waals surface area contributed by atoms with Crippen LogP contribution in [0.3, 0.4) is 0 Å². The predicted molar refractivity (Wildman–Crippen MR) is 106 cm³/mol. The molecule has 3 aromatic rings. The van der Waals surface area contributed by atoms with Gasteiger partial charge in [0.1, 0.15) is 0 Å². The first-order valence-corrected chi connectivity index (χ1v) is 10.4. The van der Waals surface area contributed by atoms with E-state index in [2.05, 4.69) is 10.1 Å². The normalized spacial score (nSPS) is 11.9. The predicted octanol–water partition coefficient (Wildman–Crippen LogP) is 4.81. The number of sulfonamides is 1. The highest BCUT2D eigenvalue weighted by atomic mass is 32.2. The highest BCUT2D eigenvalue weighted by molar-refractivity contribution is 7.92. The van der Waals surface area contributed by atoms with Gasteiger partial charge in [-0.1, -0.05) is 54.1 Å². The van der Waals surface area contributed by atoms with Crippen LogP contribution in [-0.4, -0.2) is 8.42 Å². The highest BCUT2D eigenvalue weighted by Gasteiger charge is 2.09. The van der Waals surface area contributed by atoms with Crippen molar-refractivity contribution in [1.82, 2.24) is 4.72 Å². The zero-order chi connectivity index (χ0) is 17.7. The molecule has 5 heteroatoms. The van der Waals surface area contributed by atoms with Crippen molar-refractivity contribution in [2.24, 2.45) is 0 Å². The summed E-state index contributed by atoms with van der Waals surface area (Å²) in [6.07, 6.45) is 1.60. The number of rotatable bonds is 6.